The molecule has 0 heterocycles. The molecule has 2 amide bonds. The number of ether oxygens (including phenoxy) is 2. The lowest BCUT2D eigenvalue weighted by atomic mass is 10.1. The summed E-state index contributed by atoms with van der Waals surface area (Å²) in [6, 6.07) is 29.9. The summed E-state index contributed by atoms with van der Waals surface area (Å²) < 4.78 is 11.2. The van der Waals surface area contributed by atoms with E-state index in [-0.39, 0.29) is 11.4 Å². The molecule has 230 valence electrons. The molecule has 9 nitrogen and oxygen atoms in total. The number of anilines is 1. The summed E-state index contributed by atoms with van der Waals surface area (Å²) in [4.78, 5) is 41.0. The van der Waals surface area contributed by atoms with Gasteiger partial charge in [-0.25, -0.2) is 10.2 Å². The molecular weight excluding hydrogens is 568 g/mol. The predicted molar refractivity (Wildman–Crippen MR) is 177 cm³/mol. The van der Waals surface area contributed by atoms with Gasteiger partial charge in [0, 0.05) is 24.3 Å². The third kappa shape index (κ3) is 9.14. The summed E-state index contributed by atoms with van der Waals surface area (Å²) in [5.41, 5.74) is 5.72. The van der Waals surface area contributed by atoms with Crippen LogP contribution in [0.4, 0.5) is 5.69 Å². The molecule has 4 rings (SSSR count). The lowest BCUT2D eigenvalue weighted by Crippen LogP contribution is -2.32. The first-order valence-corrected chi connectivity index (χ1v) is 14.7. The standard InChI is InChI=1S/C36H36N4O5/c1-4-40(5-2)30-20-17-26(18-21-30)23-31(38-34(41)28-13-9-7-10-14-28)35(42)39-37-25-27-19-22-32(33(24-27)44-6-3)45-36(43)29-15-11-8-12-16-29/h7-25H,4-6H2,1-3H3,(H,38,41)(H,39,42). The highest BCUT2D eigenvalue weighted by atomic mass is 16.6. The highest BCUT2D eigenvalue weighted by Gasteiger charge is 2.16. The third-order valence-corrected chi connectivity index (χ3v) is 6.72. The molecule has 0 atom stereocenters. The van der Waals surface area contributed by atoms with E-state index in [4.69, 9.17) is 9.47 Å². The Morgan fingerprint density at radius 2 is 1.38 bits per heavy atom. The van der Waals surface area contributed by atoms with E-state index in [0.717, 1.165) is 24.3 Å². The lowest BCUT2D eigenvalue weighted by Gasteiger charge is -2.21. The van der Waals surface area contributed by atoms with Gasteiger partial charge in [-0.05, 0) is 92.6 Å². The maximum atomic E-state index is 13.3. The number of amides is 2. The molecule has 2 N–H and O–H groups in total. The lowest BCUT2D eigenvalue weighted by molar-refractivity contribution is -0.117. The number of rotatable bonds is 13. The molecule has 0 unspecified atom stereocenters. The van der Waals surface area contributed by atoms with Crippen LogP contribution < -0.4 is 25.1 Å². The van der Waals surface area contributed by atoms with E-state index in [2.05, 4.69) is 34.6 Å². The van der Waals surface area contributed by atoms with Crippen LogP contribution in [0.1, 0.15) is 52.6 Å². The van der Waals surface area contributed by atoms with Crippen LogP contribution in [0.2, 0.25) is 0 Å². The largest absolute Gasteiger partial charge is 0.490 e. The van der Waals surface area contributed by atoms with E-state index in [9.17, 15) is 14.4 Å². The second-order valence-corrected chi connectivity index (χ2v) is 9.74. The fourth-order valence-electron chi connectivity index (χ4n) is 4.40. The fraction of sp³-hybridized carbons (Fsp3) is 0.167. The molecule has 0 aliphatic carbocycles. The van der Waals surface area contributed by atoms with Crippen LogP contribution in [0.3, 0.4) is 0 Å². The van der Waals surface area contributed by atoms with E-state index in [1.54, 1.807) is 72.8 Å². The van der Waals surface area contributed by atoms with Crippen molar-refractivity contribution in [3.8, 4) is 11.5 Å². The minimum atomic E-state index is -0.609. The topological polar surface area (TPSA) is 109 Å². The van der Waals surface area contributed by atoms with Gasteiger partial charge in [-0.3, -0.25) is 9.59 Å². The van der Waals surface area contributed by atoms with Gasteiger partial charge in [0.1, 0.15) is 5.70 Å². The fourth-order valence-corrected chi connectivity index (χ4v) is 4.40. The molecule has 0 spiro atoms. The quantitative estimate of drug-likeness (QED) is 0.0630. The number of nitrogens with one attached hydrogen (secondary N) is 2. The van der Waals surface area contributed by atoms with Crippen LogP contribution in [-0.4, -0.2) is 43.7 Å². The van der Waals surface area contributed by atoms with Crippen molar-refractivity contribution < 1.29 is 23.9 Å². The predicted octanol–water partition coefficient (Wildman–Crippen LogP) is 6.07. The number of benzene rings is 4. The number of nitrogens with zero attached hydrogens (tertiary/aromatic N) is 2. The van der Waals surface area contributed by atoms with Gasteiger partial charge in [0.15, 0.2) is 11.5 Å². The molecule has 0 aromatic heterocycles. The number of esters is 1. The molecular formula is C36H36N4O5. The Hall–Kier alpha value is -5.70. The number of hydrogen-bond acceptors (Lipinski definition) is 7. The number of hydrazone groups is 1. The Morgan fingerprint density at radius 1 is 0.756 bits per heavy atom. The van der Waals surface area contributed by atoms with Gasteiger partial charge in [0.2, 0.25) is 0 Å². The summed E-state index contributed by atoms with van der Waals surface area (Å²) in [5.74, 6) is -0.942. The van der Waals surface area contributed by atoms with Crippen LogP contribution in [0.15, 0.2) is 114 Å². The Bertz CT molecular complexity index is 1650. The number of carbonyl (C=O) groups is 3. The second-order valence-electron chi connectivity index (χ2n) is 9.74. The Balaban J connectivity index is 1.51. The monoisotopic (exact) mass is 604 g/mol. The SMILES string of the molecule is CCOc1cc(C=NNC(=O)C(=Cc2ccc(N(CC)CC)cc2)NC(=O)c2ccccc2)ccc1OC(=O)c1ccccc1. The zero-order valence-electron chi connectivity index (χ0n) is 25.5. The van der Waals surface area contributed by atoms with Gasteiger partial charge in [-0.1, -0.05) is 48.5 Å². The molecule has 45 heavy (non-hydrogen) atoms. The van der Waals surface area contributed by atoms with Gasteiger partial charge in [-0.2, -0.15) is 5.10 Å². The van der Waals surface area contributed by atoms with Crippen molar-refractivity contribution in [2.45, 2.75) is 20.8 Å². The highest BCUT2D eigenvalue weighted by molar-refractivity contribution is 6.05. The van der Waals surface area contributed by atoms with Crippen molar-refractivity contribution in [3.63, 3.8) is 0 Å². The molecule has 4 aromatic rings. The Morgan fingerprint density at radius 3 is 2.00 bits per heavy atom. The van der Waals surface area contributed by atoms with Crippen LogP contribution >= 0.6 is 0 Å². The van der Waals surface area contributed by atoms with Gasteiger partial charge >= 0.3 is 5.97 Å². The van der Waals surface area contributed by atoms with E-state index in [1.165, 1.54) is 6.21 Å². The molecule has 0 aliphatic heterocycles. The molecule has 0 aliphatic rings. The zero-order valence-corrected chi connectivity index (χ0v) is 25.5. The number of hydrogen-bond donors (Lipinski definition) is 2. The van der Waals surface area contributed by atoms with Crippen LogP contribution in [0, 0.1) is 0 Å². The van der Waals surface area contributed by atoms with Crippen molar-refractivity contribution in [1.29, 1.82) is 0 Å². The van der Waals surface area contributed by atoms with Crippen LogP contribution in [0.25, 0.3) is 6.08 Å². The van der Waals surface area contributed by atoms with Crippen molar-refractivity contribution in [2.24, 2.45) is 5.10 Å². The van der Waals surface area contributed by atoms with E-state index >= 15 is 0 Å². The first-order chi connectivity index (χ1) is 21.9. The Kier molecular flexibility index (Phi) is 11.6. The molecule has 0 bridgehead atoms. The van der Waals surface area contributed by atoms with Gasteiger partial charge < -0.3 is 19.7 Å². The first-order valence-electron chi connectivity index (χ1n) is 14.7. The van der Waals surface area contributed by atoms with Crippen LogP contribution in [0.5, 0.6) is 11.5 Å². The molecule has 9 heteroatoms. The average Bonchev–Trinajstić information content (AvgIpc) is 3.07. The van der Waals surface area contributed by atoms with Gasteiger partial charge in [0.05, 0.1) is 18.4 Å². The van der Waals surface area contributed by atoms with Crippen molar-refractivity contribution >= 4 is 35.8 Å². The van der Waals surface area contributed by atoms with Crippen molar-refractivity contribution in [3.05, 3.63) is 131 Å². The average molecular weight is 605 g/mol. The van der Waals surface area contributed by atoms with Crippen LogP contribution in [-0.2, 0) is 4.79 Å². The molecule has 0 fully saturated rings. The van der Waals surface area contributed by atoms with Gasteiger partial charge in [0.25, 0.3) is 11.8 Å². The minimum absolute atomic E-state index is 0.0229. The highest BCUT2D eigenvalue weighted by Crippen LogP contribution is 2.29. The number of carbonyl (C=O) groups excluding carboxylic acids is 3. The van der Waals surface area contributed by atoms with E-state index in [1.807, 2.05) is 43.3 Å². The minimum Gasteiger partial charge on any atom is -0.490 e. The normalized spacial score (nSPS) is 11.1. The molecule has 0 radical (unpaired) electrons. The molecule has 4 aromatic carbocycles. The first kappa shape index (κ1) is 32.2. The molecule has 0 saturated heterocycles. The maximum absolute atomic E-state index is 13.3. The summed E-state index contributed by atoms with van der Waals surface area (Å²) in [6.45, 7) is 8.09. The summed E-state index contributed by atoms with van der Waals surface area (Å²) in [7, 11) is 0. The smallest absolute Gasteiger partial charge is 0.343 e. The third-order valence-electron chi connectivity index (χ3n) is 6.72. The summed E-state index contributed by atoms with van der Waals surface area (Å²) in [5, 5.41) is 6.81. The summed E-state index contributed by atoms with van der Waals surface area (Å²) >= 11 is 0. The van der Waals surface area contributed by atoms with E-state index < -0.39 is 17.8 Å². The van der Waals surface area contributed by atoms with Crippen molar-refractivity contribution in [2.75, 3.05) is 24.6 Å². The Labute approximate surface area is 263 Å². The second kappa shape index (κ2) is 16.2. The zero-order chi connectivity index (χ0) is 32.0. The van der Waals surface area contributed by atoms with Gasteiger partial charge in [-0.15, -0.1) is 0 Å². The summed E-state index contributed by atoms with van der Waals surface area (Å²) in [6.07, 6.45) is 3.03. The van der Waals surface area contributed by atoms with E-state index in [0.29, 0.717) is 29.0 Å². The maximum Gasteiger partial charge on any atom is 0.343 e. The molecule has 0 saturated carbocycles. The van der Waals surface area contributed by atoms with Crippen molar-refractivity contribution in [1.82, 2.24) is 10.7 Å².